The summed E-state index contributed by atoms with van der Waals surface area (Å²) in [7, 11) is -2.01. The van der Waals surface area contributed by atoms with Gasteiger partial charge in [0.1, 0.15) is 5.82 Å². The van der Waals surface area contributed by atoms with Gasteiger partial charge in [-0.05, 0) is 42.3 Å². The van der Waals surface area contributed by atoms with Gasteiger partial charge in [0.05, 0.1) is 4.90 Å². The normalized spacial score (nSPS) is 11.4. The third-order valence-corrected chi connectivity index (χ3v) is 5.31. The molecule has 0 bridgehead atoms. The predicted octanol–water partition coefficient (Wildman–Crippen LogP) is 2.70. The number of sulfonamides is 1. The third-order valence-electron chi connectivity index (χ3n) is 3.76. The highest BCUT2D eigenvalue weighted by Crippen LogP contribution is 2.18. The van der Waals surface area contributed by atoms with Crippen LogP contribution in [-0.4, -0.2) is 32.8 Å². The first-order valence-electron chi connectivity index (χ1n) is 7.85. The summed E-state index contributed by atoms with van der Waals surface area (Å²) in [6.07, 6.45) is 0. The second kappa shape index (κ2) is 7.76. The number of aryl methyl sites for hydroxylation is 1. The van der Waals surface area contributed by atoms with Crippen molar-refractivity contribution in [1.82, 2.24) is 9.62 Å². The van der Waals surface area contributed by atoms with Gasteiger partial charge in [0.25, 0.3) is 5.91 Å². The van der Waals surface area contributed by atoms with Crippen LogP contribution in [-0.2, 0) is 16.6 Å². The zero-order valence-corrected chi connectivity index (χ0v) is 15.2. The Hall–Kier alpha value is -2.25. The summed E-state index contributed by atoms with van der Waals surface area (Å²) in [6, 6.07) is 10.4. The molecule has 2 aromatic rings. The third kappa shape index (κ3) is 4.64. The molecule has 0 spiro atoms. The number of nitrogens with zero attached hydrogens (tertiary/aromatic N) is 1. The zero-order chi connectivity index (χ0) is 18.6. The van der Waals surface area contributed by atoms with E-state index in [0.717, 1.165) is 5.56 Å². The van der Waals surface area contributed by atoms with E-state index in [1.807, 2.05) is 0 Å². The molecule has 7 heteroatoms. The average molecular weight is 364 g/mol. The molecule has 5 nitrogen and oxygen atoms in total. The lowest BCUT2D eigenvalue weighted by molar-refractivity contribution is 0.0784. The Morgan fingerprint density at radius 1 is 1.16 bits per heavy atom. The molecule has 1 amide bonds. The molecule has 0 unspecified atom stereocenters. The van der Waals surface area contributed by atoms with Gasteiger partial charge >= 0.3 is 0 Å². The highest BCUT2D eigenvalue weighted by molar-refractivity contribution is 7.89. The van der Waals surface area contributed by atoms with Gasteiger partial charge in [0.2, 0.25) is 10.0 Å². The molecule has 1 N–H and O–H groups in total. The van der Waals surface area contributed by atoms with Crippen LogP contribution in [0.1, 0.15) is 28.4 Å². The van der Waals surface area contributed by atoms with Crippen LogP contribution >= 0.6 is 0 Å². The number of rotatable bonds is 6. The maximum atomic E-state index is 13.0. The fraction of sp³-hybridized carbons (Fsp3) is 0.278. The minimum atomic E-state index is -3.63. The molecule has 25 heavy (non-hydrogen) atoms. The van der Waals surface area contributed by atoms with Crippen LogP contribution in [0.2, 0.25) is 0 Å². The van der Waals surface area contributed by atoms with E-state index in [2.05, 4.69) is 4.72 Å². The number of amides is 1. The Labute approximate surface area is 147 Å². The largest absolute Gasteiger partial charge is 0.337 e. The number of hydrogen-bond acceptors (Lipinski definition) is 3. The molecule has 2 rings (SSSR count). The van der Waals surface area contributed by atoms with E-state index in [9.17, 15) is 17.6 Å². The minimum Gasteiger partial charge on any atom is -0.337 e. The van der Waals surface area contributed by atoms with Crippen molar-refractivity contribution in [2.75, 3.05) is 13.6 Å². The highest BCUT2D eigenvalue weighted by atomic mass is 32.2. The smallest absolute Gasteiger partial charge is 0.254 e. The Balaban J connectivity index is 2.27. The van der Waals surface area contributed by atoms with Crippen molar-refractivity contribution in [2.24, 2.45) is 0 Å². The standard InChI is InChI=1S/C18H21FN2O3S/c1-4-20-25(23,24)16-10-5-13(2)17(11-16)18(22)21(3)12-14-6-8-15(19)9-7-14/h5-11,20H,4,12H2,1-3H3. The quantitative estimate of drug-likeness (QED) is 0.857. The first-order chi connectivity index (χ1) is 11.7. The van der Waals surface area contributed by atoms with Crippen LogP contribution in [0.3, 0.4) is 0 Å². The lowest BCUT2D eigenvalue weighted by Gasteiger charge is -2.19. The molecule has 0 atom stereocenters. The predicted molar refractivity (Wildman–Crippen MR) is 94.2 cm³/mol. The summed E-state index contributed by atoms with van der Waals surface area (Å²) >= 11 is 0. The summed E-state index contributed by atoms with van der Waals surface area (Å²) in [6.45, 7) is 4.00. The Kier molecular flexibility index (Phi) is 5.92. The van der Waals surface area contributed by atoms with E-state index >= 15 is 0 Å². The molecule has 0 saturated carbocycles. The topological polar surface area (TPSA) is 66.5 Å². The van der Waals surface area contributed by atoms with Crippen LogP contribution in [0.5, 0.6) is 0 Å². The van der Waals surface area contributed by atoms with Gasteiger partial charge in [-0.25, -0.2) is 17.5 Å². The molecule has 0 saturated heterocycles. The molecule has 0 aliphatic carbocycles. The van der Waals surface area contributed by atoms with Gasteiger partial charge in [-0.3, -0.25) is 4.79 Å². The molecular formula is C18H21FN2O3S. The van der Waals surface area contributed by atoms with Crippen LogP contribution in [0, 0.1) is 12.7 Å². The van der Waals surface area contributed by atoms with Crippen LogP contribution in [0.15, 0.2) is 47.4 Å². The van der Waals surface area contributed by atoms with Gasteiger partial charge in [-0.1, -0.05) is 25.1 Å². The summed E-state index contributed by atoms with van der Waals surface area (Å²) in [5.41, 5.74) is 1.79. The van der Waals surface area contributed by atoms with E-state index in [1.54, 1.807) is 39.1 Å². The molecule has 0 heterocycles. The molecule has 0 fully saturated rings. The Morgan fingerprint density at radius 2 is 1.80 bits per heavy atom. The molecule has 0 aliphatic rings. The fourth-order valence-electron chi connectivity index (χ4n) is 2.41. The molecule has 0 aromatic heterocycles. The highest BCUT2D eigenvalue weighted by Gasteiger charge is 2.19. The molecule has 0 radical (unpaired) electrons. The van der Waals surface area contributed by atoms with E-state index in [1.165, 1.54) is 29.2 Å². The first kappa shape index (κ1) is 19.1. The van der Waals surface area contributed by atoms with Crippen molar-refractivity contribution in [1.29, 1.82) is 0 Å². The monoisotopic (exact) mass is 364 g/mol. The number of hydrogen-bond donors (Lipinski definition) is 1. The zero-order valence-electron chi connectivity index (χ0n) is 14.4. The molecule has 134 valence electrons. The maximum absolute atomic E-state index is 13.0. The number of halogens is 1. The van der Waals surface area contributed by atoms with Crippen molar-refractivity contribution < 1.29 is 17.6 Å². The second-order valence-corrected chi connectivity index (χ2v) is 7.53. The summed E-state index contributed by atoms with van der Waals surface area (Å²) in [5.74, 6) is -0.634. The van der Waals surface area contributed by atoms with E-state index in [-0.39, 0.29) is 23.2 Å². The van der Waals surface area contributed by atoms with Crippen molar-refractivity contribution in [2.45, 2.75) is 25.3 Å². The lowest BCUT2D eigenvalue weighted by atomic mass is 10.1. The van der Waals surface area contributed by atoms with Gasteiger partial charge in [-0.2, -0.15) is 0 Å². The number of carbonyl (C=O) groups excluding carboxylic acids is 1. The number of nitrogens with one attached hydrogen (secondary N) is 1. The van der Waals surface area contributed by atoms with Crippen LogP contribution in [0.4, 0.5) is 4.39 Å². The van der Waals surface area contributed by atoms with E-state index in [4.69, 9.17) is 0 Å². The van der Waals surface area contributed by atoms with Crippen molar-refractivity contribution in [3.05, 3.63) is 65.0 Å². The van der Waals surface area contributed by atoms with E-state index < -0.39 is 10.0 Å². The maximum Gasteiger partial charge on any atom is 0.254 e. The van der Waals surface area contributed by atoms with E-state index in [0.29, 0.717) is 17.7 Å². The summed E-state index contributed by atoms with van der Waals surface area (Å²) < 4.78 is 39.7. The molecule has 2 aromatic carbocycles. The number of benzene rings is 2. The number of carbonyl (C=O) groups is 1. The van der Waals surface area contributed by atoms with Crippen LogP contribution in [0.25, 0.3) is 0 Å². The Morgan fingerprint density at radius 3 is 2.40 bits per heavy atom. The molecular weight excluding hydrogens is 343 g/mol. The minimum absolute atomic E-state index is 0.0542. The summed E-state index contributed by atoms with van der Waals surface area (Å²) in [4.78, 5) is 14.2. The van der Waals surface area contributed by atoms with Crippen molar-refractivity contribution in [3.8, 4) is 0 Å². The first-order valence-corrected chi connectivity index (χ1v) is 9.33. The Bertz CT molecular complexity index is 864. The van der Waals surface area contributed by atoms with Crippen molar-refractivity contribution >= 4 is 15.9 Å². The fourth-order valence-corrected chi connectivity index (χ4v) is 3.48. The lowest BCUT2D eigenvalue weighted by Crippen LogP contribution is -2.28. The SMILES string of the molecule is CCNS(=O)(=O)c1ccc(C)c(C(=O)N(C)Cc2ccc(F)cc2)c1. The molecule has 0 aliphatic heterocycles. The average Bonchev–Trinajstić information content (AvgIpc) is 2.56. The second-order valence-electron chi connectivity index (χ2n) is 5.77. The summed E-state index contributed by atoms with van der Waals surface area (Å²) in [5, 5.41) is 0. The van der Waals surface area contributed by atoms with Gasteiger partial charge < -0.3 is 4.90 Å². The van der Waals surface area contributed by atoms with Gasteiger partial charge in [0.15, 0.2) is 0 Å². The van der Waals surface area contributed by atoms with Crippen LogP contribution < -0.4 is 4.72 Å². The van der Waals surface area contributed by atoms with Gasteiger partial charge in [0, 0.05) is 25.7 Å². The van der Waals surface area contributed by atoms with Gasteiger partial charge in [-0.15, -0.1) is 0 Å². The van der Waals surface area contributed by atoms with Crippen molar-refractivity contribution in [3.63, 3.8) is 0 Å².